The lowest BCUT2D eigenvalue weighted by atomic mass is 9.93. The summed E-state index contributed by atoms with van der Waals surface area (Å²) < 4.78 is 0. The second kappa shape index (κ2) is 8.15. The van der Waals surface area contributed by atoms with E-state index in [1.165, 1.54) is 5.56 Å². The van der Waals surface area contributed by atoms with Crippen LogP contribution >= 0.6 is 0 Å². The topological polar surface area (TPSA) is 75.4 Å². The van der Waals surface area contributed by atoms with Crippen LogP contribution in [0.4, 0.5) is 0 Å². The molecule has 0 saturated carbocycles. The van der Waals surface area contributed by atoms with Crippen molar-refractivity contribution >= 4 is 11.8 Å². The number of primary amides is 1. The standard InChI is InChI=1S/C21H25N3O2/c1-15(16-7-3-2-4-8-16)12-23-20(25)14-24-13-18-10-6-5-9-17(18)11-19(24)21(22)26/h2-10,15,19H,11-14H2,1H3,(H2,22,26)(H,23,25)/t15-,19-/m0/s1. The van der Waals surface area contributed by atoms with E-state index in [1.54, 1.807) is 0 Å². The molecule has 3 rings (SSSR count). The highest BCUT2D eigenvalue weighted by atomic mass is 16.2. The second-order valence-electron chi connectivity index (χ2n) is 6.91. The molecule has 1 heterocycles. The Morgan fingerprint density at radius 2 is 1.77 bits per heavy atom. The van der Waals surface area contributed by atoms with Crippen LogP contribution in [0, 0.1) is 0 Å². The van der Waals surface area contributed by atoms with Crippen molar-refractivity contribution in [3.8, 4) is 0 Å². The fourth-order valence-corrected chi connectivity index (χ4v) is 3.43. The third kappa shape index (κ3) is 4.29. The zero-order valence-electron chi connectivity index (χ0n) is 15.0. The van der Waals surface area contributed by atoms with Crippen molar-refractivity contribution in [2.75, 3.05) is 13.1 Å². The average Bonchev–Trinajstić information content (AvgIpc) is 2.66. The highest BCUT2D eigenvalue weighted by Crippen LogP contribution is 2.23. The van der Waals surface area contributed by atoms with E-state index in [9.17, 15) is 9.59 Å². The first-order valence-electron chi connectivity index (χ1n) is 8.96. The number of nitrogens with zero attached hydrogens (tertiary/aromatic N) is 1. The molecule has 3 N–H and O–H groups in total. The van der Waals surface area contributed by atoms with E-state index in [0.29, 0.717) is 19.5 Å². The number of fused-ring (bicyclic) bond motifs is 1. The fourth-order valence-electron chi connectivity index (χ4n) is 3.43. The van der Waals surface area contributed by atoms with Gasteiger partial charge in [-0.05, 0) is 29.0 Å². The fraction of sp³-hybridized carbons (Fsp3) is 0.333. The minimum atomic E-state index is -0.442. The predicted octanol–water partition coefficient (Wildman–Crippen LogP) is 1.82. The van der Waals surface area contributed by atoms with Crippen molar-refractivity contribution in [1.82, 2.24) is 10.2 Å². The van der Waals surface area contributed by atoms with E-state index in [-0.39, 0.29) is 24.3 Å². The Morgan fingerprint density at radius 3 is 2.46 bits per heavy atom. The summed E-state index contributed by atoms with van der Waals surface area (Å²) in [5, 5.41) is 2.98. The SMILES string of the molecule is C[C@@H](CNC(=O)CN1Cc2ccccc2C[C@H]1C(N)=O)c1ccccc1. The van der Waals surface area contributed by atoms with Crippen LogP contribution in [0.5, 0.6) is 0 Å². The molecule has 5 heteroatoms. The summed E-state index contributed by atoms with van der Waals surface area (Å²) in [4.78, 5) is 26.1. The molecule has 0 aromatic heterocycles. The lowest BCUT2D eigenvalue weighted by Gasteiger charge is -2.34. The summed E-state index contributed by atoms with van der Waals surface area (Å²) in [6.45, 7) is 3.38. The minimum Gasteiger partial charge on any atom is -0.368 e. The van der Waals surface area contributed by atoms with Gasteiger partial charge in [-0.3, -0.25) is 14.5 Å². The summed E-state index contributed by atoms with van der Waals surface area (Å²) in [6, 6.07) is 17.6. The normalized spacial score (nSPS) is 18.0. The largest absolute Gasteiger partial charge is 0.368 e. The van der Waals surface area contributed by atoms with E-state index >= 15 is 0 Å². The molecule has 1 aliphatic heterocycles. The third-order valence-electron chi connectivity index (χ3n) is 5.00. The second-order valence-corrected chi connectivity index (χ2v) is 6.91. The van der Waals surface area contributed by atoms with Gasteiger partial charge in [0, 0.05) is 13.1 Å². The summed E-state index contributed by atoms with van der Waals surface area (Å²) in [7, 11) is 0. The van der Waals surface area contributed by atoms with E-state index in [1.807, 2.05) is 47.4 Å². The van der Waals surface area contributed by atoms with Gasteiger partial charge in [0.2, 0.25) is 11.8 Å². The summed E-state index contributed by atoms with van der Waals surface area (Å²) in [5.41, 5.74) is 9.04. The van der Waals surface area contributed by atoms with Gasteiger partial charge in [0.15, 0.2) is 0 Å². The molecular weight excluding hydrogens is 326 g/mol. The van der Waals surface area contributed by atoms with Crippen LogP contribution in [-0.2, 0) is 22.6 Å². The number of carbonyl (C=O) groups excluding carboxylic acids is 2. The summed E-state index contributed by atoms with van der Waals surface area (Å²) in [6.07, 6.45) is 0.555. The van der Waals surface area contributed by atoms with Crippen LogP contribution in [-0.4, -0.2) is 35.8 Å². The van der Waals surface area contributed by atoms with Gasteiger partial charge in [0.25, 0.3) is 0 Å². The van der Waals surface area contributed by atoms with Gasteiger partial charge in [-0.2, -0.15) is 0 Å². The molecule has 0 spiro atoms. The number of nitrogens with one attached hydrogen (secondary N) is 1. The van der Waals surface area contributed by atoms with Crippen molar-refractivity contribution in [1.29, 1.82) is 0 Å². The van der Waals surface area contributed by atoms with Crippen molar-refractivity contribution in [3.63, 3.8) is 0 Å². The first-order valence-corrected chi connectivity index (χ1v) is 8.96. The van der Waals surface area contributed by atoms with Crippen LogP contribution in [0.3, 0.4) is 0 Å². The first kappa shape index (κ1) is 18.1. The Balaban J connectivity index is 1.60. The Kier molecular flexibility index (Phi) is 5.68. The van der Waals surface area contributed by atoms with Gasteiger partial charge < -0.3 is 11.1 Å². The van der Waals surface area contributed by atoms with Crippen LogP contribution in [0.2, 0.25) is 0 Å². The number of hydrogen-bond donors (Lipinski definition) is 2. The van der Waals surface area contributed by atoms with Crippen LogP contribution < -0.4 is 11.1 Å². The monoisotopic (exact) mass is 351 g/mol. The van der Waals surface area contributed by atoms with Gasteiger partial charge >= 0.3 is 0 Å². The van der Waals surface area contributed by atoms with Crippen LogP contribution in [0.15, 0.2) is 54.6 Å². The van der Waals surface area contributed by atoms with Crippen LogP contribution in [0.25, 0.3) is 0 Å². The molecule has 0 aliphatic carbocycles. The van der Waals surface area contributed by atoms with Gasteiger partial charge in [-0.1, -0.05) is 61.5 Å². The van der Waals surface area contributed by atoms with Gasteiger partial charge in [-0.25, -0.2) is 0 Å². The number of nitrogens with two attached hydrogens (primary N) is 1. The lowest BCUT2D eigenvalue weighted by molar-refractivity contribution is -0.127. The van der Waals surface area contributed by atoms with E-state index in [4.69, 9.17) is 5.73 Å². The zero-order valence-corrected chi connectivity index (χ0v) is 15.0. The zero-order chi connectivity index (χ0) is 18.5. The molecule has 0 fully saturated rings. The number of hydrogen-bond acceptors (Lipinski definition) is 3. The number of carbonyl (C=O) groups is 2. The smallest absolute Gasteiger partial charge is 0.235 e. The maximum Gasteiger partial charge on any atom is 0.235 e. The van der Waals surface area contributed by atoms with Crippen molar-refractivity contribution < 1.29 is 9.59 Å². The molecule has 0 bridgehead atoms. The Hall–Kier alpha value is -2.66. The molecule has 0 radical (unpaired) electrons. The highest BCUT2D eigenvalue weighted by Gasteiger charge is 2.31. The molecule has 26 heavy (non-hydrogen) atoms. The van der Waals surface area contributed by atoms with Gasteiger partial charge in [-0.15, -0.1) is 0 Å². The molecule has 1 aliphatic rings. The third-order valence-corrected chi connectivity index (χ3v) is 5.00. The van der Waals surface area contributed by atoms with Gasteiger partial charge in [0.1, 0.15) is 0 Å². The molecule has 136 valence electrons. The first-order chi connectivity index (χ1) is 12.5. The lowest BCUT2D eigenvalue weighted by Crippen LogP contribution is -2.51. The summed E-state index contributed by atoms with van der Waals surface area (Å²) >= 11 is 0. The number of rotatable bonds is 6. The molecule has 2 atom stereocenters. The average molecular weight is 351 g/mol. The molecule has 2 aromatic carbocycles. The van der Waals surface area contributed by atoms with E-state index < -0.39 is 6.04 Å². The molecule has 0 saturated heterocycles. The molecule has 2 aromatic rings. The highest BCUT2D eigenvalue weighted by molar-refractivity contribution is 5.83. The minimum absolute atomic E-state index is 0.0848. The van der Waals surface area contributed by atoms with E-state index in [0.717, 1.165) is 11.1 Å². The maximum atomic E-state index is 12.4. The molecule has 0 unspecified atom stereocenters. The molecule has 2 amide bonds. The predicted molar refractivity (Wildman–Crippen MR) is 101 cm³/mol. The van der Waals surface area contributed by atoms with Crippen molar-refractivity contribution in [3.05, 3.63) is 71.3 Å². The van der Waals surface area contributed by atoms with Crippen LogP contribution in [0.1, 0.15) is 29.5 Å². The molecule has 5 nitrogen and oxygen atoms in total. The maximum absolute atomic E-state index is 12.4. The van der Waals surface area contributed by atoms with Crippen molar-refractivity contribution in [2.24, 2.45) is 5.73 Å². The van der Waals surface area contributed by atoms with Crippen molar-refractivity contribution in [2.45, 2.75) is 31.8 Å². The number of benzene rings is 2. The summed E-state index contributed by atoms with van der Waals surface area (Å²) in [5.74, 6) is -0.238. The quantitative estimate of drug-likeness (QED) is 0.833. The van der Waals surface area contributed by atoms with Gasteiger partial charge in [0.05, 0.1) is 12.6 Å². The Labute approximate surface area is 154 Å². The Morgan fingerprint density at radius 1 is 1.12 bits per heavy atom. The molecular formula is C21H25N3O2. The number of amides is 2. The Bertz CT molecular complexity index is 776. The van der Waals surface area contributed by atoms with E-state index in [2.05, 4.69) is 24.4 Å².